The molecule has 1 unspecified atom stereocenters. The lowest BCUT2D eigenvalue weighted by atomic mass is 9.94. The van der Waals surface area contributed by atoms with Crippen LogP contribution in [0, 0.1) is 5.92 Å². The zero-order chi connectivity index (χ0) is 18.7. The molecule has 0 saturated carbocycles. The van der Waals surface area contributed by atoms with Crippen LogP contribution < -0.4 is 5.48 Å². The lowest BCUT2D eigenvalue weighted by molar-refractivity contribution is -0.142. The van der Waals surface area contributed by atoms with Crippen molar-refractivity contribution in [3.8, 4) is 0 Å². The molecule has 0 fully saturated rings. The summed E-state index contributed by atoms with van der Waals surface area (Å²) in [5.74, 6) is -1.31. The van der Waals surface area contributed by atoms with Crippen molar-refractivity contribution >= 4 is 29.6 Å². The number of aromatic carboxylic acids is 1. The van der Waals surface area contributed by atoms with Gasteiger partial charge in [0.25, 0.3) is 0 Å². The molecule has 138 valence electrons. The lowest BCUT2D eigenvalue weighted by Gasteiger charge is -2.12. The van der Waals surface area contributed by atoms with Gasteiger partial charge in [-0.3, -0.25) is 14.8 Å². The van der Waals surface area contributed by atoms with Crippen molar-refractivity contribution in [2.75, 3.05) is 11.5 Å². The molecule has 0 aliphatic heterocycles. The molecule has 1 atom stereocenters. The van der Waals surface area contributed by atoms with E-state index in [4.69, 9.17) is 10.3 Å². The topological polar surface area (TPSA) is 124 Å². The number of rotatable bonds is 12. The number of thioether (sulfide) groups is 1. The van der Waals surface area contributed by atoms with Gasteiger partial charge in [-0.05, 0) is 54.9 Å². The third kappa shape index (κ3) is 8.55. The number of hydrogen-bond acceptors (Lipinski definition) is 5. The van der Waals surface area contributed by atoms with Gasteiger partial charge in [-0.1, -0.05) is 12.1 Å². The highest BCUT2D eigenvalue weighted by atomic mass is 32.2. The van der Waals surface area contributed by atoms with Gasteiger partial charge in [0.05, 0.1) is 11.5 Å². The summed E-state index contributed by atoms with van der Waals surface area (Å²) in [4.78, 5) is 33.2. The summed E-state index contributed by atoms with van der Waals surface area (Å²) in [6, 6.07) is 6.36. The van der Waals surface area contributed by atoms with Crippen LogP contribution in [0.15, 0.2) is 24.3 Å². The molecule has 0 aromatic heterocycles. The van der Waals surface area contributed by atoms with E-state index in [1.54, 1.807) is 29.4 Å². The molecular weight excluding hydrogens is 346 g/mol. The molecule has 1 aromatic rings. The summed E-state index contributed by atoms with van der Waals surface area (Å²) < 4.78 is 0. The number of amides is 1. The van der Waals surface area contributed by atoms with Gasteiger partial charge in [0.2, 0.25) is 5.91 Å². The van der Waals surface area contributed by atoms with Crippen molar-refractivity contribution in [3.05, 3.63) is 35.4 Å². The summed E-state index contributed by atoms with van der Waals surface area (Å²) in [7, 11) is 0. The Balaban J connectivity index is 2.35. The van der Waals surface area contributed by atoms with Crippen LogP contribution in [0.5, 0.6) is 0 Å². The summed E-state index contributed by atoms with van der Waals surface area (Å²) in [5, 5.41) is 26.7. The molecule has 0 radical (unpaired) electrons. The van der Waals surface area contributed by atoms with E-state index in [2.05, 4.69) is 0 Å². The Morgan fingerprint density at radius 2 is 1.84 bits per heavy atom. The van der Waals surface area contributed by atoms with Gasteiger partial charge in [-0.25, -0.2) is 10.3 Å². The maximum absolute atomic E-state index is 11.4. The first-order chi connectivity index (χ1) is 11.9. The Labute approximate surface area is 150 Å². The van der Waals surface area contributed by atoms with E-state index < -0.39 is 23.8 Å². The van der Waals surface area contributed by atoms with Gasteiger partial charge in [0, 0.05) is 6.42 Å². The van der Waals surface area contributed by atoms with E-state index in [0.29, 0.717) is 24.8 Å². The second-order valence-corrected chi connectivity index (χ2v) is 6.86. The third-order valence-corrected chi connectivity index (χ3v) is 4.82. The molecule has 0 bridgehead atoms. The van der Waals surface area contributed by atoms with Crippen LogP contribution in [0.1, 0.15) is 41.6 Å². The van der Waals surface area contributed by atoms with E-state index in [-0.39, 0.29) is 12.0 Å². The second-order valence-electron chi connectivity index (χ2n) is 5.64. The smallest absolute Gasteiger partial charge is 0.335 e. The Morgan fingerprint density at radius 1 is 1.12 bits per heavy atom. The van der Waals surface area contributed by atoms with Crippen LogP contribution in [-0.4, -0.2) is 44.8 Å². The molecule has 1 amide bonds. The molecule has 0 heterocycles. The Morgan fingerprint density at radius 3 is 2.48 bits per heavy atom. The van der Waals surface area contributed by atoms with Crippen molar-refractivity contribution in [3.63, 3.8) is 0 Å². The summed E-state index contributed by atoms with van der Waals surface area (Å²) in [5.41, 5.74) is 2.44. The van der Waals surface area contributed by atoms with Gasteiger partial charge in [-0.15, -0.1) is 0 Å². The standard InChI is InChI=1S/C17H23NO6S/c19-15(18-24)7-3-9-25-8-2-6-14(17(22)23)11-12-4-1-5-13(10-12)16(20)21/h1,4-5,10,14,24H,2-3,6-9,11H2,(H,18,19)(H,20,21)(H,22,23). The van der Waals surface area contributed by atoms with Gasteiger partial charge < -0.3 is 10.2 Å². The van der Waals surface area contributed by atoms with Gasteiger partial charge in [0.15, 0.2) is 0 Å². The zero-order valence-electron chi connectivity index (χ0n) is 13.8. The molecule has 0 aliphatic rings. The van der Waals surface area contributed by atoms with Crippen LogP contribution in [0.4, 0.5) is 0 Å². The van der Waals surface area contributed by atoms with Crippen LogP contribution >= 0.6 is 11.8 Å². The van der Waals surface area contributed by atoms with Gasteiger partial charge >= 0.3 is 11.9 Å². The summed E-state index contributed by atoms with van der Waals surface area (Å²) in [6.07, 6.45) is 2.46. The predicted molar refractivity (Wildman–Crippen MR) is 94.0 cm³/mol. The van der Waals surface area contributed by atoms with Crippen molar-refractivity contribution in [1.82, 2.24) is 5.48 Å². The normalized spacial score (nSPS) is 11.7. The maximum atomic E-state index is 11.4. The number of carboxylic acid groups (broad SMARTS) is 2. The molecule has 25 heavy (non-hydrogen) atoms. The third-order valence-electron chi connectivity index (χ3n) is 3.66. The second kappa shape index (κ2) is 11.5. The largest absolute Gasteiger partial charge is 0.481 e. The van der Waals surface area contributed by atoms with E-state index in [9.17, 15) is 19.5 Å². The minimum Gasteiger partial charge on any atom is -0.481 e. The maximum Gasteiger partial charge on any atom is 0.335 e. The van der Waals surface area contributed by atoms with Crippen LogP contribution in [0.3, 0.4) is 0 Å². The number of carbonyl (C=O) groups excluding carboxylic acids is 1. The average molecular weight is 369 g/mol. The molecule has 1 aromatic carbocycles. The molecule has 0 saturated heterocycles. The van der Waals surface area contributed by atoms with Gasteiger partial charge in [-0.2, -0.15) is 11.8 Å². The number of nitrogens with one attached hydrogen (secondary N) is 1. The molecule has 8 heteroatoms. The minimum absolute atomic E-state index is 0.157. The van der Waals surface area contributed by atoms with Crippen LogP contribution in [-0.2, 0) is 16.0 Å². The van der Waals surface area contributed by atoms with Crippen molar-refractivity contribution in [2.45, 2.75) is 32.1 Å². The van der Waals surface area contributed by atoms with Crippen molar-refractivity contribution in [1.29, 1.82) is 0 Å². The molecule has 0 spiro atoms. The Hall–Kier alpha value is -2.06. The minimum atomic E-state index is -1.03. The zero-order valence-corrected chi connectivity index (χ0v) is 14.6. The monoisotopic (exact) mass is 369 g/mol. The molecule has 4 N–H and O–H groups in total. The van der Waals surface area contributed by atoms with E-state index in [0.717, 1.165) is 17.9 Å². The van der Waals surface area contributed by atoms with E-state index in [1.807, 2.05) is 0 Å². The van der Waals surface area contributed by atoms with Crippen LogP contribution in [0.25, 0.3) is 0 Å². The lowest BCUT2D eigenvalue weighted by Crippen LogP contribution is -2.18. The number of carbonyl (C=O) groups is 3. The first-order valence-electron chi connectivity index (χ1n) is 7.99. The van der Waals surface area contributed by atoms with E-state index >= 15 is 0 Å². The highest BCUT2D eigenvalue weighted by molar-refractivity contribution is 7.99. The highest BCUT2D eigenvalue weighted by Gasteiger charge is 2.18. The molecule has 0 aliphatic carbocycles. The van der Waals surface area contributed by atoms with E-state index in [1.165, 1.54) is 12.1 Å². The van der Waals surface area contributed by atoms with Crippen LogP contribution in [0.2, 0.25) is 0 Å². The van der Waals surface area contributed by atoms with Crippen molar-refractivity contribution < 1.29 is 29.8 Å². The first kappa shape index (κ1) is 21.0. The average Bonchev–Trinajstić information content (AvgIpc) is 2.59. The van der Waals surface area contributed by atoms with Crippen molar-refractivity contribution in [2.24, 2.45) is 5.92 Å². The quantitative estimate of drug-likeness (QED) is 0.253. The fourth-order valence-corrected chi connectivity index (χ4v) is 3.28. The fraction of sp³-hybridized carbons (Fsp3) is 0.471. The molecular formula is C17H23NO6S. The highest BCUT2D eigenvalue weighted by Crippen LogP contribution is 2.18. The molecule has 7 nitrogen and oxygen atoms in total. The number of hydrogen-bond donors (Lipinski definition) is 4. The number of benzene rings is 1. The summed E-state index contributed by atoms with van der Waals surface area (Å²) in [6.45, 7) is 0. The SMILES string of the molecule is O=C(CCCSCCCC(Cc1cccc(C(=O)O)c1)C(=O)O)NO. The number of carboxylic acids is 2. The first-order valence-corrected chi connectivity index (χ1v) is 9.15. The number of aliphatic carboxylic acids is 1. The predicted octanol–water partition coefficient (Wildman–Crippen LogP) is 2.43. The molecule has 1 rings (SSSR count). The Bertz CT molecular complexity index is 592. The summed E-state index contributed by atoms with van der Waals surface area (Å²) >= 11 is 1.64. The number of hydroxylamine groups is 1. The van der Waals surface area contributed by atoms with Gasteiger partial charge in [0.1, 0.15) is 0 Å². The fourth-order valence-electron chi connectivity index (χ4n) is 2.35. The Kier molecular flexibility index (Phi) is 9.64.